The molecular weight excluding hydrogens is 1230 g/mol. The first-order valence-electron chi connectivity index (χ1n) is 27.4. The number of aliphatic hydroxyl groups excluding tert-OH is 3. The summed E-state index contributed by atoms with van der Waals surface area (Å²) in [5.41, 5.74) is 3.35. The van der Waals surface area contributed by atoms with Crippen LogP contribution in [0, 0.1) is 20.8 Å². The highest BCUT2D eigenvalue weighted by Crippen LogP contribution is 2.46. The second kappa shape index (κ2) is 28.4. The van der Waals surface area contributed by atoms with Gasteiger partial charge in [-0.15, -0.1) is 30.6 Å². The Kier molecular flexibility index (Phi) is 20.1. The van der Waals surface area contributed by atoms with Crippen molar-refractivity contribution in [3.63, 3.8) is 0 Å². The molecule has 6 heterocycles. The molecule has 3 saturated heterocycles. The lowest BCUT2D eigenvalue weighted by Crippen LogP contribution is -2.29. The maximum absolute atomic E-state index is 12.9. The molecule has 3 aliphatic heterocycles. The summed E-state index contributed by atoms with van der Waals surface area (Å²) in [6.07, 6.45) is 0. The number of ether oxygens (including phenoxy) is 3. The molecule has 4 N–H and O–H groups in total. The Labute approximate surface area is 531 Å². The maximum Gasteiger partial charge on any atom is 0.301 e. The van der Waals surface area contributed by atoms with Crippen LogP contribution in [0.15, 0.2) is 181 Å². The Bertz CT molecular complexity index is 3860. The molecule has 0 spiro atoms. The van der Waals surface area contributed by atoms with Crippen molar-refractivity contribution in [3.8, 4) is 17.2 Å². The van der Waals surface area contributed by atoms with E-state index < -0.39 is 59.2 Å². The van der Waals surface area contributed by atoms with E-state index in [9.17, 15) is 44.1 Å². The van der Waals surface area contributed by atoms with Crippen LogP contribution in [0.2, 0.25) is 0 Å². The van der Waals surface area contributed by atoms with Crippen LogP contribution in [-0.2, 0) is 33.6 Å². The normalized spacial score (nSPS) is 17.7. The van der Waals surface area contributed by atoms with Gasteiger partial charge < -0.3 is 34.6 Å². The fourth-order valence-corrected chi connectivity index (χ4v) is 11.9. The largest absolute Gasteiger partial charge is 0.507 e. The van der Waals surface area contributed by atoms with Crippen molar-refractivity contribution >= 4 is 108 Å². The van der Waals surface area contributed by atoms with E-state index in [1.54, 1.807) is 151 Å². The zero-order chi connectivity index (χ0) is 65.2. The van der Waals surface area contributed by atoms with E-state index in [0.29, 0.717) is 81.0 Å². The number of aliphatic carboxylic acids is 1. The molecule has 3 aliphatic rings. The predicted octanol–water partition coefficient (Wildman–Crippen LogP) is 10.5. The molecule has 12 rings (SSSR count). The summed E-state index contributed by atoms with van der Waals surface area (Å²) >= 11 is 3.64. The van der Waals surface area contributed by atoms with Crippen molar-refractivity contribution in [2.75, 3.05) is 36.0 Å². The topological polar surface area (TPSA) is 315 Å². The van der Waals surface area contributed by atoms with Crippen molar-refractivity contribution in [2.24, 2.45) is 0 Å². The molecule has 6 aromatic carbocycles. The molecule has 3 unspecified atom stereocenters. The number of hydrogen-bond donors (Lipinski definition) is 4. The van der Waals surface area contributed by atoms with Gasteiger partial charge in [-0.3, -0.25) is 48.3 Å². The quantitative estimate of drug-likeness (QED) is 0.0502. The van der Waals surface area contributed by atoms with E-state index >= 15 is 0 Å². The van der Waals surface area contributed by atoms with E-state index in [1.165, 1.54) is 48.7 Å². The minimum absolute atomic E-state index is 0.0132. The third kappa shape index (κ3) is 13.8. The van der Waals surface area contributed by atoms with Crippen molar-refractivity contribution in [2.45, 2.75) is 45.8 Å². The Balaban J connectivity index is 0.000000157. The summed E-state index contributed by atoms with van der Waals surface area (Å²) in [5.74, 6) is -4.25. The van der Waals surface area contributed by atoms with Crippen LogP contribution in [0.5, 0.6) is 17.2 Å². The van der Waals surface area contributed by atoms with Crippen LogP contribution in [0.3, 0.4) is 0 Å². The van der Waals surface area contributed by atoms with Gasteiger partial charge in [0, 0.05) is 23.6 Å². The summed E-state index contributed by atoms with van der Waals surface area (Å²) in [7, 11) is 4.62. The van der Waals surface area contributed by atoms with Gasteiger partial charge in [-0.25, -0.2) is 0 Å². The molecule has 9 aromatic rings. The lowest BCUT2D eigenvalue weighted by Gasteiger charge is -2.22. The van der Waals surface area contributed by atoms with Crippen molar-refractivity contribution in [3.05, 3.63) is 229 Å². The first-order valence-corrected chi connectivity index (χ1v) is 29.8. The smallest absolute Gasteiger partial charge is 0.301 e. The SMILES string of the molecule is CC(=O)O.COc1ccc(/C(O)=C2\C(=O)C(=O)N(c3nnc(C)s3)C2c2ccccc2)cc1.COc1ccc(/C(O)=C2\C(=O)C(=O)N(c3nnc(C)s3)C2c2ccccc2)cc1.COc1ccc(/C(O)=C2\C(=O)C(=O)N(c3nnc(C)s3)C2c2ccccc2)cc1. The molecule has 3 aromatic heterocycles. The highest BCUT2D eigenvalue weighted by Gasteiger charge is 2.51. The Morgan fingerprint density at radius 3 is 0.780 bits per heavy atom. The standard InChI is InChI=1S/3C21H17N3O4S.C2H4O2/c3*1-12-22-23-21(29-12)24-17(13-6-4-3-5-7-13)16(19(26)20(24)27)18(25)14-8-10-15(28-2)11-9-14;1-2(3)4/h3*3-11,17,25H,1-2H3;1H3,(H,3,4)/b3*18-16+;. The lowest BCUT2D eigenvalue weighted by molar-refractivity contribution is -0.134. The number of aliphatic hydroxyl groups is 3. The molecule has 0 bridgehead atoms. The van der Waals surface area contributed by atoms with E-state index in [4.69, 9.17) is 24.1 Å². The van der Waals surface area contributed by atoms with Crippen LogP contribution in [0.4, 0.5) is 15.4 Å². The number of aromatic nitrogens is 6. The number of anilines is 3. The van der Waals surface area contributed by atoms with Gasteiger partial charge in [0.1, 0.15) is 49.5 Å². The van der Waals surface area contributed by atoms with Crippen LogP contribution in [-0.4, -0.2) is 113 Å². The van der Waals surface area contributed by atoms with Gasteiger partial charge in [0.25, 0.3) is 23.3 Å². The second-order valence-corrected chi connectivity index (χ2v) is 23.2. The van der Waals surface area contributed by atoms with Gasteiger partial charge >= 0.3 is 17.7 Å². The Morgan fingerprint density at radius 1 is 0.374 bits per heavy atom. The molecule has 3 amide bonds. The Morgan fingerprint density at radius 2 is 0.593 bits per heavy atom. The minimum atomic E-state index is -0.833. The molecular formula is C65H55N9O14S3. The zero-order valence-corrected chi connectivity index (χ0v) is 51.9. The monoisotopic (exact) mass is 1280 g/mol. The van der Waals surface area contributed by atoms with Crippen LogP contribution in [0.1, 0.15) is 73.5 Å². The van der Waals surface area contributed by atoms with Crippen molar-refractivity contribution in [1.82, 2.24) is 30.6 Å². The summed E-state index contributed by atoms with van der Waals surface area (Å²) in [4.78, 5) is 90.4. The lowest BCUT2D eigenvalue weighted by atomic mass is 9.95. The maximum atomic E-state index is 12.9. The number of rotatable bonds is 12. The van der Waals surface area contributed by atoms with E-state index in [-0.39, 0.29) is 34.0 Å². The summed E-state index contributed by atoms with van der Waals surface area (Å²) < 4.78 is 15.4. The molecule has 91 heavy (non-hydrogen) atoms. The molecule has 462 valence electrons. The Hall–Kier alpha value is -11.1. The van der Waals surface area contributed by atoms with Crippen LogP contribution in [0.25, 0.3) is 17.3 Å². The molecule has 3 atom stereocenters. The number of benzene rings is 6. The number of amides is 3. The van der Waals surface area contributed by atoms with Gasteiger partial charge in [0.05, 0.1) is 56.2 Å². The van der Waals surface area contributed by atoms with Crippen LogP contribution < -0.4 is 28.9 Å². The highest BCUT2D eigenvalue weighted by atomic mass is 32.1. The van der Waals surface area contributed by atoms with Gasteiger partial charge in [-0.05, 0) is 110 Å². The number of hydrogen-bond acceptors (Lipinski definition) is 22. The third-order valence-corrected chi connectivity index (χ3v) is 16.4. The number of carbonyl (C=O) groups excluding carboxylic acids is 6. The predicted molar refractivity (Wildman–Crippen MR) is 340 cm³/mol. The molecule has 23 nitrogen and oxygen atoms in total. The fourth-order valence-electron chi connectivity index (χ4n) is 9.81. The van der Waals surface area contributed by atoms with Gasteiger partial charge in [0.2, 0.25) is 15.4 Å². The van der Waals surface area contributed by atoms with E-state index in [0.717, 1.165) is 6.92 Å². The third-order valence-electron chi connectivity index (χ3n) is 13.9. The number of carbonyl (C=O) groups is 7. The second-order valence-electron chi connectivity index (χ2n) is 19.8. The van der Waals surface area contributed by atoms with E-state index in [1.807, 2.05) is 54.6 Å². The van der Waals surface area contributed by atoms with Crippen LogP contribution >= 0.6 is 34.0 Å². The number of methoxy groups -OCH3 is 3. The molecule has 0 aliphatic carbocycles. The average Bonchev–Trinajstić information content (AvgIpc) is 1.63. The number of nitrogens with zero attached hydrogens (tertiary/aromatic N) is 9. The minimum Gasteiger partial charge on any atom is -0.507 e. The highest BCUT2D eigenvalue weighted by molar-refractivity contribution is 7.16. The zero-order valence-electron chi connectivity index (χ0n) is 49.4. The fraction of sp³-hybridized carbons (Fsp3) is 0.154. The molecule has 0 radical (unpaired) electrons. The molecule has 3 fully saturated rings. The van der Waals surface area contributed by atoms with Gasteiger partial charge in [0.15, 0.2) is 0 Å². The number of carboxylic acid groups (broad SMARTS) is 1. The summed E-state index contributed by atoms with van der Waals surface area (Å²) in [6, 6.07) is 44.7. The molecule has 0 saturated carbocycles. The summed E-state index contributed by atoms with van der Waals surface area (Å²) in [5, 5.41) is 67.3. The van der Waals surface area contributed by atoms with Gasteiger partial charge in [-0.2, -0.15) is 0 Å². The first-order chi connectivity index (χ1) is 43.8. The number of ketones is 3. The van der Waals surface area contributed by atoms with E-state index in [2.05, 4.69) is 30.6 Å². The average molecular weight is 1280 g/mol. The number of aryl methyl sites for hydroxylation is 3. The van der Waals surface area contributed by atoms with Crippen molar-refractivity contribution in [1.29, 1.82) is 0 Å². The van der Waals surface area contributed by atoms with Crippen molar-refractivity contribution < 1.29 is 68.2 Å². The van der Waals surface area contributed by atoms with Gasteiger partial charge in [-0.1, -0.05) is 125 Å². The number of carboxylic acids is 1. The first kappa shape index (κ1) is 64.4. The summed E-state index contributed by atoms with van der Waals surface area (Å²) in [6.45, 7) is 6.39. The molecule has 26 heteroatoms. The number of Topliss-reactive ketones (excluding diaryl/α,β-unsaturated/α-hetero) is 3.